The number of hydrogen-bond donors (Lipinski definition) is 2. The van der Waals surface area contributed by atoms with E-state index < -0.39 is 0 Å². The van der Waals surface area contributed by atoms with Gasteiger partial charge >= 0.3 is 0 Å². The Balaban J connectivity index is 0.00000280. The predicted molar refractivity (Wildman–Crippen MR) is 126 cm³/mol. The second kappa shape index (κ2) is 12.4. The molecule has 1 fully saturated rings. The Bertz CT molecular complexity index is 746. The normalized spacial score (nSPS) is 15.1. The highest BCUT2D eigenvalue weighted by Gasteiger charge is 2.12. The number of halogens is 1. The van der Waals surface area contributed by atoms with Crippen molar-refractivity contribution in [3.8, 4) is 0 Å². The molecular weight excluding hydrogens is 485 g/mol. The fourth-order valence-electron chi connectivity index (χ4n) is 3.01. The smallest absolute Gasteiger partial charge is 0.191 e. The van der Waals surface area contributed by atoms with Crippen LogP contribution in [0.4, 0.5) is 0 Å². The first-order chi connectivity index (χ1) is 13.2. The van der Waals surface area contributed by atoms with Crippen LogP contribution < -0.4 is 10.6 Å². The molecular formula is C20H30IN5OS. The van der Waals surface area contributed by atoms with E-state index in [1.165, 1.54) is 16.0 Å². The number of nitrogens with one attached hydrogen (secondary N) is 2. The van der Waals surface area contributed by atoms with Gasteiger partial charge in [-0.3, -0.25) is 4.90 Å². The first-order valence-electron chi connectivity index (χ1n) is 9.55. The van der Waals surface area contributed by atoms with Gasteiger partial charge < -0.3 is 15.4 Å². The van der Waals surface area contributed by atoms with E-state index in [-0.39, 0.29) is 24.0 Å². The molecule has 6 nitrogen and oxygen atoms in total. The van der Waals surface area contributed by atoms with Gasteiger partial charge in [-0.1, -0.05) is 24.3 Å². The van der Waals surface area contributed by atoms with Crippen LogP contribution in [0.5, 0.6) is 0 Å². The summed E-state index contributed by atoms with van der Waals surface area (Å²) in [6.07, 6.45) is 1.91. The average molecular weight is 515 g/mol. The molecule has 1 aliphatic rings. The molecule has 0 radical (unpaired) electrons. The molecule has 0 atom stereocenters. The van der Waals surface area contributed by atoms with Crippen molar-refractivity contribution < 1.29 is 4.74 Å². The summed E-state index contributed by atoms with van der Waals surface area (Å²) in [5.74, 6) is 0.825. The van der Waals surface area contributed by atoms with Gasteiger partial charge in [-0.05, 0) is 25.0 Å². The Labute approximate surface area is 188 Å². The van der Waals surface area contributed by atoms with Gasteiger partial charge in [-0.25, -0.2) is 9.98 Å². The van der Waals surface area contributed by atoms with Crippen LogP contribution >= 0.6 is 35.3 Å². The van der Waals surface area contributed by atoms with Gasteiger partial charge in [-0.15, -0.1) is 35.3 Å². The van der Waals surface area contributed by atoms with E-state index in [4.69, 9.17) is 9.73 Å². The first kappa shape index (κ1) is 23.1. The maximum atomic E-state index is 5.45. The van der Waals surface area contributed by atoms with E-state index in [1.807, 2.05) is 6.20 Å². The fourth-order valence-corrected chi connectivity index (χ4v) is 3.74. The quantitative estimate of drug-likeness (QED) is 0.337. The van der Waals surface area contributed by atoms with E-state index in [0.717, 1.165) is 50.4 Å². The molecule has 2 heterocycles. The standard InChI is InChI=1S/C20H29N5OS.HI/c1-3-21-20(24-14-19-22-12-16(2)27-19)23-13-17-6-4-5-7-18(17)15-25-8-10-26-11-9-25;/h4-7,12H,3,8-11,13-15H2,1-2H3,(H2,21,23,24);1H. The van der Waals surface area contributed by atoms with Gasteiger partial charge in [-0.2, -0.15) is 0 Å². The lowest BCUT2D eigenvalue weighted by molar-refractivity contribution is 0.0341. The van der Waals surface area contributed by atoms with E-state index in [0.29, 0.717) is 13.1 Å². The summed E-state index contributed by atoms with van der Waals surface area (Å²) in [5, 5.41) is 7.78. The molecule has 154 valence electrons. The van der Waals surface area contributed by atoms with Crippen LogP contribution in [-0.4, -0.2) is 48.7 Å². The van der Waals surface area contributed by atoms with Gasteiger partial charge in [0.15, 0.2) is 5.96 Å². The fraction of sp³-hybridized carbons (Fsp3) is 0.500. The largest absolute Gasteiger partial charge is 0.379 e. The molecule has 1 aromatic heterocycles. The van der Waals surface area contributed by atoms with E-state index in [1.54, 1.807) is 11.3 Å². The number of benzene rings is 1. The molecule has 0 saturated carbocycles. The minimum Gasteiger partial charge on any atom is -0.379 e. The van der Waals surface area contributed by atoms with Crippen molar-refractivity contribution in [2.75, 3.05) is 32.8 Å². The summed E-state index contributed by atoms with van der Waals surface area (Å²) < 4.78 is 5.45. The Kier molecular flexibility index (Phi) is 10.2. The molecule has 0 unspecified atom stereocenters. The molecule has 1 aromatic carbocycles. The number of aryl methyl sites for hydroxylation is 1. The highest BCUT2D eigenvalue weighted by molar-refractivity contribution is 14.0. The topological polar surface area (TPSA) is 61.8 Å². The lowest BCUT2D eigenvalue weighted by atomic mass is 10.1. The lowest BCUT2D eigenvalue weighted by Crippen LogP contribution is -2.37. The minimum atomic E-state index is 0. The van der Waals surface area contributed by atoms with E-state index >= 15 is 0 Å². The van der Waals surface area contributed by atoms with Crippen LogP contribution in [0.2, 0.25) is 0 Å². The Hall–Kier alpha value is -1.23. The first-order valence-corrected chi connectivity index (χ1v) is 10.4. The molecule has 3 rings (SSSR count). The minimum absolute atomic E-state index is 0. The molecule has 2 N–H and O–H groups in total. The number of thiazole rings is 1. The highest BCUT2D eigenvalue weighted by atomic mass is 127. The zero-order chi connectivity index (χ0) is 18.9. The Morgan fingerprint density at radius 2 is 1.96 bits per heavy atom. The number of ether oxygens (including phenoxy) is 1. The zero-order valence-electron chi connectivity index (χ0n) is 16.6. The molecule has 28 heavy (non-hydrogen) atoms. The van der Waals surface area contributed by atoms with Crippen molar-refractivity contribution in [3.63, 3.8) is 0 Å². The maximum Gasteiger partial charge on any atom is 0.191 e. The molecule has 0 spiro atoms. The number of rotatable bonds is 7. The lowest BCUT2D eigenvalue weighted by Gasteiger charge is -2.27. The van der Waals surface area contributed by atoms with Crippen LogP contribution in [-0.2, 0) is 24.4 Å². The van der Waals surface area contributed by atoms with Crippen molar-refractivity contribution in [2.24, 2.45) is 4.99 Å². The molecule has 0 bridgehead atoms. The van der Waals surface area contributed by atoms with E-state index in [9.17, 15) is 0 Å². The van der Waals surface area contributed by atoms with Crippen molar-refractivity contribution in [3.05, 3.63) is 51.5 Å². The van der Waals surface area contributed by atoms with Gasteiger partial charge in [0.25, 0.3) is 0 Å². The summed E-state index contributed by atoms with van der Waals surface area (Å²) in [4.78, 5) is 12.9. The van der Waals surface area contributed by atoms with E-state index in [2.05, 4.69) is 58.6 Å². The second-order valence-corrected chi connectivity index (χ2v) is 7.89. The predicted octanol–water partition coefficient (Wildman–Crippen LogP) is 3.16. The van der Waals surface area contributed by atoms with Crippen molar-refractivity contribution in [2.45, 2.75) is 33.5 Å². The number of nitrogens with zero attached hydrogens (tertiary/aromatic N) is 3. The van der Waals surface area contributed by atoms with Crippen molar-refractivity contribution >= 4 is 41.3 Å². The molecule has 8 heteroatoms. The second-order valence-electron chi connectivity index (χ2n) is 6.57. The van der Waals surface area contributed by atoms with Crippen molar-refractivity contribution in [1.82, 2.24) is 20.5 Å². The van der Waals surface area contributed by atoms with Gasteiger partial charge in [0, 0.05) is 37.3 Å². The number of hydrogen-bond acceptors (Lipinski definition) is 5. The average Bonchev–Trinajstić information content (AvgIpc) is 3.11. The summed E-state index contributed by atoms with van der Waals surface area (Å²) in [7, 11) is 0. The van der Waals surface area contributed by atoms with Gasteiger partial charge in [0.2, 0.25) is 0 Å². The van der Waals surface area contributed by atoms with Crippen molar-refractivity contribution in [1.29, 1.82) is 0 Å². The van der Waals surface area contributed by atoms with Crippen LogP contribution in [0, 0.1) is 6.92 Å². The van der Waals surface area contributed by atoms with Crippen LogP contribution in [0.1, 0.15) is 27.9 Å². The van der Waals surface area contributed by atoms with Crippen LogP contribution in [0.25, 0.3) is 0 Å². The van der Waals surface area contributed by atoms with Crippen LogP contribution in [0.15, 0.2) is 35.5 Å². The van der Waals surface area contributed by atoms with Gasteiger partial charge in [0.05, 0.1) is 26.3 Å². The molecule has 1 saturated heterocycles. The maximum absolute atomic E-state index is 5.45. The van der Waals surface area contributed by atoms with Crippen LogP contribution in [0.3, 0.4) is 0 Å². The van der Waals surface area contributed by atoms with Gasteiger partial charge in [0.1, 0.15) is 5.01 Å². The number of aromatic nitrogens is 1. The highest BCUT2D eigenvalue weighted by Crippen LogP contribution is 2.14. The number of aliphatic imine (C=N–C) groups is 1. The summed E-state index contributed by atoms with van der Waals surface area (Å²) in [6.45, 7) is 10.9. The number of guanidine groups is 1. The zero-order valence-corrected chi connectivity index (χ0v) is 19.8. The molecule has 0 amide bonds. The Morgan fingerprint density at radius 3 is 2.64 bits per heavy atom. The number of morpholine rings is 1. The summed E-state index contributed by atoms with van der Waals surface area (Å²) >= 11 is 1.71. The molecule has 1 aliphatic heterocycles. The third-order valence-electron chi connectivity index (χ3n) is 4.44. The molecule has 2 aromatic rings. The molecule has 0 aliphatic carbocycles. The summed E-state index contributed by atoms with van der Waals surface area (Å²) in [5.41, 5.74) is 2.61. The monoisotopic (exact) mass is 515 g/mol. The SMILES string of the molecule is CCNC(=NCc1ccccc1CN1CCOCC1)NCc1ncc(C)s1.I. The third kappa shape index (κ3) is 7.31. The summed E-state index contributed by atoms with van der Waals surface area (Å²) in [6, 6.07) is 8.58. The Morgan fingerprint density at radius 1 is 1.21 bits per heavy atom. The third-order valence-corrected chi connectivity index (χ3v) is 5.36.